The number of rotatable bonds is 2. The van der Waals surface area contributed by atoms with Crippen molar-refractivity contribution in [2.75, 3.05) is 30.8 Å². The molecule has 2 heterocycles. The third-order valence-corrected chi connectivity index (χ3v) is 5.98. The van der Waals surface area contributed by atoms with Crippen molar-refractivity contribution >= 4 is 33.3 Å². The molecule has 2 aliphatic heterocycles. The number of urea groups is 1. The molecule has 0 aromatic heterocycles. The van der Waals surface area contributed by atoms with Gasteiger partial charge in [0.15, 0.2) is 0 Å². The van der Waals surface area contributed by atoms with Crippen LogP contribution in [0.15, 0.2) is 18.2 Å². The van der Waals surface area contributed by atoms with Gasteiger partial charge in [-0.1, -0.05) is 17.7 Å². The number of anilines is 1. The lowest BCUT2D eigenvalue weighted by Crippen LogP contribution is -2.49. The summed E-state index contributed by atoms with van der Waals surface area (Å²) in [6, 6.07) is 5.47. The van der Waals surface area contributed by atoms with Gasteiger partial charge in [0.2, 0.25) is 10.0 Å². The van der Waals surface area contributed by atoms with Gasteiger partial charge < -0.3 is 5.32 Å². The first-order chi connectivity index (χ1) is 10.8. The molecule has 0 spiro atoms. The predicted octanol–water partition coefficient (Wildman–Crippen LogP) is 1.84. The maximum atomic E-state index is 12.5. The molecule has 1 fully saturated rings. The molecule has 0 saturated carbocycles. The van der Waals surface area contributed by atoms with Crippen molar-refractivity contribution < 1.29 is 13.2 Å². The van der Waals surface area contributed by atoms with Gasteiger partial charge in [-0.3, -0.25) is 4.90 Å². The van der Waals surface area contributed by atoms with Crippen molar-refractivity contribution in [1.29, 1.82) is 0 Å². The average Bonchev–Trinajstić information content (AvgIpc) is 2.90. The summed E-state index contributed by atoms with van der Waals surface area (Å²) < 4.78 is 24.5. The zero-order valence-corrected chi connectivity index (χ0v) is 14.5. The molecule has 23 heavy (non-hydrogen) atoms. The highest BCUT2D eigenvalue weighted by Gasteiger charge is 2.29. The van der Waals surface area contributed by atoms with Gasteiger partial charge in [-0.2, -0.15) is 0 Å². The van der Waals surface area contributed by atoms with Crippen LogP contribution in [-0.4, -0.2) is 50.7 Å². The number of halogens is 1. The monoisotopic (exact) mass is 357 g/mol. The third kappa shape index (κ3) is 3.62. The molecule has 1 aromatic carbocycles. The summed E-state index contributed by atoms with van der Waals surface area (Å²) >= 11 is 6.02. The van der Waals surface area contributed by atoms with Crippen LogP contribution in [0.4, 0.5) is 10.5 Å². The van der Waals surface area contributed by atoms with Gasteiger partial charge in [-0.15, -0.1) is 0 Å². The number of sulfonamides is 1. The molecule has 126 valence electrons. The molecule has 0 radical (unpaired) electrons. The number of piperidine rings is 1. The molecule has 0 unspecified atom stereocenters. The molecule has 0 aliphatic carbocycles. The predicted molar refractivity (Wildman–Crippen MR) is 90.5 cm³/mol. The summed E-state index contributed by atoms with van der Waals surface area (Å²) in [6.45, 7) is 1.54. The number of fused-ring (bicyclic) bond motifs is 1. The molecule has 1 aromatic rings. The molecule has 0 bridgehead atoms. The van der Waals surface area contributed by atoms with E-state index in [0.717, 1.165) is 17.7 Å². The Morgan fingerprint density at radius 2 is 1.96 bits per heavy atom. The van der Waals surface area contributed by atoms with E-state index in [0.29, 0.717) is 37.5 Å². The summed E-state index contributed by atoms with van der Waals surface area (Å²) in [5.74, 6) is 0. The van der Waals surface area contributed by atoms with Crippen LogP contribution in [0.3, 0.4) is 0 Å². The highest BCUT2D eigenvalue weighted by molar-refractivity contribution is 7.88. The molecule has 2 aliphatic rings. The molecule has 6 nitrogen and oxygen atoms in total. The van der Waals surface area contributed by atoms with E-state index in [1.165, 1.54) is 10.6 Å². The second kappa shape index (κ2) is 6.30. The van der Waals surface area contributed by atoms with Gasteiger partial charge in [0.05, 0.1) is 11.9 Å². The lowest BCUT2D eigenvalue weighted by Gasteiger charge is -2.31. The van der Waals surface area contributed by atoms with Gasteiger partial charge in [0.25, 0.3) is 0 Å². The maximum Gasteiger partial charge on any atom is 0.322 e. The Kier molecular flexibility index (Phi) is 4.53. The summed E-state index contributed by atoms with van der Waals surface area (Å²) in [6.07, 6.45) is 3.31. The molecule has 1 N–H and O–H groups in total. The van der Waals surface area contributed by atoms with Crippen molar-refractivity contribution in [2.24, 2.45) is 0 Å². The summed E-state index contributed by atoms with van der Waals surface area (Å²) in [5.41, 5.74) is 1.99. The minimum Gasteiger partial charge on any atom is -0.335 e. The van der Waals surface area contributed by atoms with E-state index in [1.807, 2.05) is 18.2 Å². The van der Waals surface area contributed by atoms with E-state index in [-0.39, 0.29) is 12.1 Å². The van der Waals surface area contributed by atoms with Crippen LogP contribution in [0.2, 0.25) is 5.02 Å². The summed E-state index contributed by atoms with van der Waals surface area (Å²) in [5, 5.41) is 3.63. The molecule has 3 rings (SSSR count). The van der Waals surface area contributed by atoms with Crippen LogP contribution in [0.5, 0.6) is 0 Å². The molecule has 8 heteroatoms. The number of amides is 2. The highest BCUT2D eigenvalue weighted by Crippen LogP contribution is 2.30. The number of hydrogen-bond donors (Lipinski definition) is 1. The van der Waals surface area contributed by atoms with Gasteiger partial charge in [0, 0.05) is 30.7 Å². The van der Waals surface area contributed by atoms with Crippen molar-refractivity contribution in [3.8, 4) is 0 Å². The topological polar surface area (TPSA) is 69.7 Å². The largest absolute Gasteiger partial charge is 0.335 e. The average molecular weight is 358 g/mol. The van der Waals surface area contributed by atoms with Crippen molar-refractivity contribution in [1.82, 2.24) is 9.62 Å². The lowest BCUT2D eigenvalue weighted by atomic mass is 10.1. The Labute approximate surface area is 141 Å². The van der Waals surface area contributed by atoms with E-state index >= 15 is 0 Å². The van der Waals surface area contributed by atoms with Crippen LogP contribution < -0.4 is 10.2 Å². The molecule has 0 atom stereocenters. The van der Waals surface area contributed by atoms with Gasteiger partial charge in [-0.25, -0.2) is 17.5 Å². The van der Waals surface area contributed by atoms with E-state index in [9.17, 15) is 13.2 Å². The Hall–Kier alpha value is -1.31. The van der Waals surface area contributed by atoms with Gasteiger partial charge in [0.1, 0.15) is 0 Å². The van der Waals surface area contributed by atoms with Crippen LogP contribution >= 0.6 is 11.6 Å². The fourth-order valence-corrected chi connectivity index (χ4v) is 4.19. The Morgan fingerprint density at radius 1 is 1.26 bits per heavy atom. The fourth-order valence-electron chi connectivity index (χ4n) is 3.15. The lowest BCUT2D eigenvalue weighted by molar-refractivity contribution is 0.233. The van der Waals surface area contributed by atoms with E-state index in [4.69, 9.17) is 11.6 Å². The summed E-state index contributed by atoms with van der Waals surface area (Å²) in [4.78, 5) is 14.2. The number of carbonyl (C=O) groups is 1. The second-order valence-electron chi connectivity index (χ2n) is 6.06. The van der Waals surface area contributed by atoms with E-state index < -0.39 is 10.0 Å². The van der Waals surface area contributed by atoms with Crippen molar-refractivity contribution in [3.63, 3.8) is 0 Å². The van der Waals surface area contributed by atoms with E-state index in [1.54, 1.807) is 4.90 Å². The Morgan fingerprint density at radius 3 is 2.61 bits per heavy atom. The fraction of sp³-hybridized carbons (Fsp3) is 0.533. The standard InChI is InChI=1S/C15H20ClN3O3S/c1-23(21,22)18-7-5-13(6-8-18)17-15(20)19-9-4-11-2-3-12(16)10-14(11)19/h2-3,10,13H,4-9H2,1H3,(H,17,20). The minimum absolute atomic E-state index is 0.00346. The molecule has 2 amide bonds. The van der Waals surface area contributed by atoms with Crippen LogP contribution in [0, 0.1) is 0 Å². The number of carbonyl (C=O) groups excluding carboxylic acids is 1. The first-order valence-corrected chi connectivity index (χ1v) is 9.89. The third-order valence-electron chi connectivity index (χ3n) is 4.44. The van der Waals surface area contributed by atoms with E-state index in [2.05, 4.69) is 5.32 Å². The van der Waals surface area contributed by atoms with Gasteiger partial charge >= 0.3 is 6.03 Å². The van der Waals surface area contributed by atoms with Crippen LogP contribution in [0.25, 0.3) is 0 Å². The normalized spacial score (nSPS) is 19.7. The zero-order chi connectivity index (χ0) is 16.6. The number of hydrogen-bond acceptors (Lipinski definition) is 3. The molecular weight excluding hydrogens is 338 g/mol. The SMILES string of the molecule is CS(=O)(=O)N1CCC(NC(=O)N2CCc3ccc(Cl)cc32)CC1. The smallest absolute Gasteiger partial charge is 0.322 e. The maximum absolute atomic E-state index is 12.5. The highest BCUT2D eigenvalue weighted by atomic mass is 35.5. The van der Waals surface area contributed by atoms with Crippen molar-refractivity contribution in [2.45, 2.75) is 25.3 Å². The molecular formula is C15H20ClN3O3S. The van der Waals surface area contributed by atoms with Crippen molar-refractivity contribution in [3.05, 3.63) is 28.8 Å². The number of nitrogens with one attached hydrogen (secondary N) is 1. The van der Waals surface area contributed by atoms with Crippen LogP contribution in [-0.2, 0) is 16.4 Å². The Bertz CT molecular complexity index is 715. The quantitative estimate of drug-likeness (QED) is 0.878. The zero-order valence-electron chi connectivity index (χ0n) is 13.0. The summed E-state index contributed by atoms with van der Waals surface area (Å²) in [7, 11) is -3.14. The Balaban J connectivity index is 1.61. The minimum atomic E-state index is -3.14. The van der Waals surface area contributed by atoms with Crippen LogP contribution in [0.1, 0.15) is 18.4 Å². The second-order valence-corrected chi connectivity index (χ2v) is 8.48. The number of nitrogens with zero attached hydrogens (tertiary/aromatic N) is 2. The molecule has 1 saturated heterocycles. The first-order valence-electron chi connectivity index (χ1n) is 7.66. The first kappa shape index (κ1) is 16.5. The number of benzene rings is 1. The van der Waals surface area contributed by atoms with Gasteiger partial charge in [-0.05, 0) is 37.0 Å².